The summed E-state index contributed by atoms with van der Waals surface area (Å²) in [5, 5.41) is 0. The highest BCUT2D eigenvalue weighted by Crippen LogP contribution is 1.82. The molecule has 10 heteroatoms. The van der Waals surface area contributed by atoms with Gasteiger partial charge < -0.3 is 8.37 Å². The van der Waals surface area contributed by atoms with E-state index < -0.39 is 20.8 Å². The molecule has 8 nitrogen and oxygen atoms in total. The molecule has 0 fully saturated rings. The van der Waals surface area contributed by atoms with Crippen molar-refractivity contribution in [2.45, 2.75) is 0 Å². The molecule has 84 valence electrons. The zero-order valence-electron chi connectivity index (χ0n) is 6.73. The van der Waals surface area contributed by atoms with Gasteiger partial charge in [0.2, 0.25) is 0 Å². The summed E-state index contributed by atoms with van der Waals surface area (Å²) in [4.78, 5) is 0. The van der Waals surface area contributed by atoms with E-state index in [0.717, 1.165) is 0 Å². The predicted molar refractivity (Wildman–Crippen MR) is 45.7 cm³/mol. The first kappa shape index (κ1) is 15.4. The molecule has 0 spiro atoms. The molecule has 14 heavy (non-hydrogen) atoms. The van der Waals surface area contributed by atoms with E-state index in [-0.39, 0.29) is 0 Å². The van der Waals surface area contributed by atoms with Crippen molar-refractivity contribution < 1.29 is 34.3 Å². The van der Waals surface area contributed by atoms with Crippen LogP contribution in [-0.2, 0) is 29.2 Å². The molecule has 0 aliphatic heterocycles. The highest BCUT2D eigenvalue weighted by molar-refractivity contribution is 7.81. The molecule has 0 unspecified atom stereocenters. The Morgan fingerprint density at radius 2 is 1.07 bits per heavy atom. The molecule has 0 radical (unpaired) electrons. The minimum Gasteiger partial charge on any atom is -0.370 e. The maximum atomic E-state index is 9.49. The van der Waals surface area contributed by atoms with Crippen LogP contribution in [0.1, 0.15) is 0 Å². The number of rotatable bonds is 4. The third kappa shape index (κ3) is 22.4. The Balaban J connectivity index is 0. The Hall–Kier alpha value is -1.10. The zero-order chi connectivity index (χ0) is 11.8. The van der Waals surface area contributed by atoms with Gasteiger partial charge in [0.15, 0.2) is 0 Å². The minimum absolute atomic E-state index is 0.620. The second kappa shape index (κ2) is 6.37. The van der Waals surface area contributed by atoms with Gasteiger partial charge in [0.1, 0.15) is 12.5 Å². The molecule has 0 saturated carbocycles. The molecule has 0 bridgehead atoms. The van der Waals surface area contributed by atoms with E-state index in [1.54, 1.807) is 0 Å². The Morgan fingerprint density at radius 1 is 0.857 bits per heavy atom. The summed E-state index contributed by atoms with van der Waals surface area (Å²) in [5.74, 6) is 0. The SMILES string of the molecule is C=COS(=O)(=O)O.C=COS(=O)(=O)O. The molecular formula is C4H8O8S2. The second-order valence-electron chi connectivity index (χ2n) is 1.38. The summed E-state index contributed by atoms with van der Waals surface area (Å²) in [5.41, 5.74) is 0. The van der Waals surface area contributed by atoms with Gasteiger partial charge in [-0.1, -0.05) is 13.2 Å². The smallest absolute Gasteiger partial charge is 0.370 e. The fourth-order valence-electron chi connectivity index (χ4n) is 0.172. The van der Waals surface area contributed by atoms with Crippen LogP contribution in [0, 0.1) is 0 Å². The average Bonchev–Trinajstić information content (AvgIpc) is 1.81. The first-order valence-electron chi connectivity index (χ1n) is 2.65. The lowest BCUT2D eigenvalue weighted by Crippen LogP contribution is -1.96. The van der Waals surface area contributed by atoms with Crippen LogP contribution in [0.5, 0.6) is 0 Å². The topological polar surface area (TPSA) is 127 Å². The third-order valence-corrected chi connectivity index (χ3v) is 1.14. The molecule has 0 aromatic heterocycles. The van der Waals surface area contributed by atoms with Gasteiger partial charge in [-0.2, -0.15) is 16.8 Å². The number of hydrogen-bond donors (Lipinski definition) is 2. The normalized spacial score (nSPS) is 10.4. The Labute approximate surface area is 81.4 Å². The first-order valence-corrected chi connectivity index (χ1v) is 5.38. The van der Waals surface area contributed by atoms with Crippen molar-refractivity contribution in [1.82, 2.24) is 0 Å². The van der Waals surface area contributed by atoms with E-state index >= 15 is 0 Å². The third-order valence-electron chi connectivity index (χ3n) is 0.379. The highest BCUT2D eigenvalue weighted by atomic mass is 32.3. The van der Waals surface area contributed by atoms with Gasteiger partial charge in [-0.15, -0.1) is 0 Å². The maximum absolute atomic E-state index is 9.49. The fourth-order valence-corrected chi connectivity index (χ4v) is 0.516. The van der Waals surface area contributed by atoms with E-state index in [1.807, 2.05) is 0 Å². The Kier molecular flexibility index (Phi) is 6.99. The van der Waals surface area contributed by atoms with Crippen LogP contribution >= 0.6 is 0 Å². The van der Waals surface area contributed by atoms with Crippen molar-refractivity contribution >= 4 is 20.8 Å². The summed E-state index contributed by atoms with van der Waals surface area (Å²) in [6.45, 7) is 5.77. The lowest BCUT2D eigenvalue weighted by molar-refractivity contribution is 0.354. The Morgan fingerprint density at radius 3 is 1.07 bits per heavy atom. The monoisotopic (exact) mass is 248 g/mol. The summed E-state index contributed by atoms with van der Waals surface area (Å²) in [6.07, 6.45) is 1.24. The Bertz CT molecular complexity index is 324. The van der Waals surface area contributed by atoms with Crippen LogP contribution in [-0.4, -0.2) is 25.9 Å². The second-order valence-corrected chi connectivity index (χ2v) is 3.48. The molecule has 0 aromatic carbocycles. The van der Waals surface area contributed by atoms with E-state index in [0.29, 0.717) is 12.5 Å². The molecule has 0 atom stereocenters. The van der Waals surface area contributed by atoms with Crippen molar-refractivity contribution in [2.24, 2.45) is 0 Å². The van der Waals surface area contributed by atoms with Crippen LogP contribution in [0.15, 0.2) is 25.7 Å². The molecule has 2 N–H and O–H groups in total. The molecule has 0 aliphatic rings. The van der Waals surface area contributed by atoms with Crippen molar-refractivity contribution in [3.05, 3.63) is 25.7 Å². The predicted octanol–water partition coefficient (Wildman–Crippen LogP) is -0.101. The summed E-state index contributed by atoms with van der Waals surface area (Å²) < 4.78 is 60.4. The highest BCUT2D eigenvalue weighted by Gasteiger charge is 1.96. The lowest BCUT2D eigenvalue weighted by Gasteiger charge is -1.87. The van der Waals surface area contributed by atoms with Crippen LogP contribution in [0.4, 0.5) is 0 Å². The van der Waals surface area contributed by atoms with Gasteiger partial charge in [0.05, 0.1) is 0 Å². The molecule has 0 saturated heterocycles. The summed E-state index contributed by atoms with van der Waals surface area (Å²) in [6, 6.07) is 0. The first-order chi connectivity index (χ1) is 6.12. The zero-order valence-corrected chi connectivity index (χ0v) is 8.36. The van der Waals surface area contributed by atoms with Crippen molar-refractivity contribution in [2.75, 3.05) is 0 Å². The quantitative estimate of drug-likeness (QED) is 0.521. The minimum atomic E-state index is -4.29. The van der Waals surface area contributed by atoms with Gasteiger partial charge in [-0.3, -0.25) is 9.11 Å². The molecule has 0 rings (SSSR count). The van der Waals surface area contributed by atoms with Crippen LogP contribution in [0.25, 0.3) is 0 Å². The van der Waals surface area contributed by atoms with Gasteiger partial charge in [-0.05, 0) is 0 Å². The molecular weight excluding hydrogens is 240 g/mol. The van der Waals surface area contributed by atoms with Crippen molar-refractivity contribution in [1.29, 1.82) is 0 Å². The largest absolute Gasteiger partial charge is 0.445 e. The molecule has 0 heterocycles. The van der Waals surface area contributed by atoms with Crippen LogP contribution in [0.2, 0.25) is 0 Å². The van der Waals surface area contributed by atoms with E-state index in [9.17, 15) is 16.8 Å². The van der Waals surface area contributed by atoms with Gasteiger partial charge >= 0.3 is 20.8 Å². The van der Waals surface area contributed by atoms with Gasteiger partial charge in [0.25, 0.3) is 0 Å². The average molecular weight is 248 g/mol. The number of hydrogen-bond acceptors (Lipinski definition) is 6. The van der Waals surface area contributed by atoms with Crippen molar-refractivity contribution in [3.8, 4) is 0 Å². The summed E-state index contributed by atoms with van der Waals surface area (Å²) in [7, 11) is -8.58. The van der Waals surface area contributed by atoms with Crippen LogP contribution in [0.3, 0.4) is 0 Å². The standard InChI is InChI=1S/2C2H4O4S/c2*1-2-6-7(3,4)5/h2*2H,1H2,(H,3,4,5). The van der Waals surface area contributed by atoms with Crippen LogP contribution < -0.4 is 0 Å². The van der Waals surface area contributed by atoms with Gasteiger partial charge in [-0.25, -0.2) is 0 Å². The van der Waals surface area contributed by atoms with E-state index in [2.05, 4.69) is 21.5 Å². The van der Waals surface area contributed by atoms with E-state index in [4.69, 9.17) is 9.11 Å². The molecule has 0 aliphatic carbocycles. The van der Waals surface area contributed by atoms with E-state index in [1.165, 1.54) is 0 Å². The molecule has 0 amide bonds. The summed E-state index contributed by atoms with van der Waals surface area (Å²) >= 11 is 0. The molecule has 0 aromatic rings. The lowest BCUT2D eigenvalue weighted by atomic mass is 11.2. The fraction of sp³-hybridized carbons (Fsp3) is 0. The van der Waals surface area contributed by atoms with Crippen molar-refractivity contribution in [3.63, 3.8) is 0 Å². The van der Waals surface area contributed by atoms with Gasteiger partial charge in [0, 0.05) is 0 Å². The maximum Gasteiger partial charge on any atom is 0.445 e.